The molecule has 4 nitrogen and oxygen atoms in total. The second-order valence-corrected chi connectivity index (χ2v) is 4.60. The molecular weight excluding hydrogens is 254 g/mol. The molecule has 0 fully saturated rings. The van der Waals surface area contributed by atoms with E-state index in [1.807, 2.05) is 36.4 Å². The largest absolute Gasteiger partial charge is 0.481 e. The number of pyridine rings is 1. The molecule has 1 unspecified atom stereocenters. The normalized spacial score (nSPS) is 11.8. The van der Waals surface area contributed by atoms with Crippen molar-refractivity contribution in [2.24, 2.45) is 5.92 Å². The lowest BCUT2D eigenvalue weighted by Gasteiger charge is -2.14. The minimum absolute atomic E-state index is 0.404. The minimum Gasteiger partial charge on any atom is -0.481 e. The van der Waals surface area contributed by atoms with E-state index in [0.29, 0.717) is 18.7 Å². The first-order valence-electron chi connectivity index (χ1n) is 6.45. The fourth-order valence-corrected chi connectivity index (χ4v) is 2.17. The van der Waals surface area contributed by atoms with Gasteiger partial charge in [0.1, 0.15) is 0 Å². The molecule has 1 N–H and O–H groups in total. The summed E-state index contributed by atoms with van der Waals surface area (Å²) < 4.78 is 5.17. The van der Waals surface area contributed by atoms with E-state index < -0.39 is 11.9 Å². The van der Waals surface area contributed by atoms with Gasteiger partial charge >= 0.3 is 5.97 Å². The summed E-state index contributed by atoms with van der Waals surface area (Å²) in [5.74, 6) is -0.804. The molecule has 4 heteroatoms. The second-order valence-electron chi connectivity index (χ2n) is 4.60. The standard InChI is InChI=1S/C16H17NO3/c1-20-15-13(8-5-9-17-15)11-14(16(18)19)10-12-6-3-2-4-7-12/h2-9,14H,10-11H2,1H3,(H,18,19). The van der Waals surface area contributed by atoms with E-state index >= 15 is 0 Å². The average Bonchev–Trinajstić information content (AvgIpc) is 2.48. The highest BCUT2D eigenvalue weighted by molar-refractivity contribution is 5.71. The van der Waals surface area contributed by atoms with Crippen molar-refractivity contribution in [3.63, 3.8) is 0 Å². The maximum atomic E-state index is 11.4. The molecule has 20 heavy (non-hydrogen) atoms. The zero-order valence-corrected chi connectivity index (χ0v) is 11.3. The number of hydrogen-bond donors (Lipinski definition) is 1. The predicted molar refractivity (Wildman–Crippen MR) is 75.8 cm³/mol. The van der Waals surface area contributed by atoms with Gasteiger partial charge < -0.3 is 9.84 Å². The Morgan fingerprint density at radius 2 is 1.95 bits per heavy atom. The number of ether oxygens (including phenoxy) is 1. The van der Waals surface area contributed by atoms with Gasteiger partial charge in [0.05, 0.1) is 13.0 Å². The number of carboxylic acids is 1. The third kappa shape index (κ3) is 3.57. The highest BCUT2D eigenvalue weighted by Crippen LogP contribution is 2.21. The number of aromatic nitrogens is 1. The summed E-state index contributed by atoms with van der Waals surface area (Å²) in [5.41, 5.74) is 1.83. The summed E-state index contributed by atoms with van der Waals surface area (Å²) in [7, 11) is 1.54. The lowest BCUT2D eigenvalue weighted by atomic mass is 9.93. The first-order chi connectivity index (χ1) is 9.70. The maximum absolute atomic E-state index is 11.4. The van der Waals surface area contributed by atoms with Crippen LogP contribution in [0.2, 0.25) is 0 Å². The van der Waals surface area contributed by atoms with Crippen LogP contribution in [0.4, 0.5) is 0 Å². The molecule has 0 aliphatic rings. The molecule has 0 radical (unpaired) electrons. The molecule has 0 saturated carbocycles. The Morgan fingerprint density at radius 3 is 2.60 bits per heavy atom. The van der Waals surface area contributed by atoms with Gasteiger partial charge in [-0.25, -0.2) is 4.98 Å². The molecule has 0 aliphatic carbocycles. The maximum Gasteiger partial charge on any atom is 0.307 e. The predicted octanol–water partition coefficient (Wildman–Crippen LogP) is 2.58. The third-order valence-corrected chi connectivity index (χ3v) is 3.18. The van der Waals surface area contributed by atoms with E-state index in [1.54, 1.807) is 19.4 Å². The van der Waals surface area contributed by atoms with Gasteiger partial charge in [-0.05, 0) is 24.5 Å². The van der Waals surface area contributed by atoms with Crippen LogP contribution in [0.1, 0.15) is 11.1 Å². The number of nitrogens with zero attached hydrogens (tertiary/aromatic N) is 1. The lowest BCUT2D eigenvalue weighted by molar-refractivity contribution is -0.141. The summed E-state index contributed by atoms with van der Waals surface area (Å²) >= 11 is 0. The zero-order chi connectivity index (χ0) is 14.4. The van der Waals surface area contributed by atoms with Crippen LogP contribution in [0.3, 0.4) is 0 Å². The first kappa shape index (κ1) is 14.1. The highest BCUT2D eigenvalue weighted by Gasteiger charge is 2.20. The molecule has 1 atom stereocenters. The molecule has 2 rings (SSSR count). The van der Waals surface area contributed by atoms with Crippen molar-refractivity contribution in [1.82, 2.24) is 4.98 Å². The minimum atomic E-state index is -0.806. The molecule has 2 aromatic rings. The first-order valence-corrected chi connectivity index (χ1v) is 6.45. The molecule has 1 aromatic heterocycles. The number of carboxylic acid groups (broad SMARTS) is 1. The van der Waals surface area contributed by atoms with Crippen molar-refractivity contribution in [3.05, 3.63) is 59.8 Å². The summed E-state index contributed by atoms with van der Waals surface area (Å²) in [5, 5.41) is 9.40. The van der Waals surface area contributed by atoms with Crippen LogP contribution in [0.5, 0.6) is 5.88 Å². The third-order valence-electron chi connectivity index (χ3n) is 3.18. The topological polar surface area (TPSA) is 59.4 Å². The van der Waals surface area contributed by atoms with Crippen molar-refractivity contribution >= 4 is 5.97 Å². The van der Waals surface area contributed by atoms with Crippen molar-refractivity contribution in [3.8, 4) is 5.88 Å². The highest BCUT2D eigenvalue weighted by atomic mass is 16.5. The Morgan fingerprint density at radius 1 is 1.20 bits per heavy atom. The van der Waals surface area contributed by atoms with Gasteiger partial charge in [-0.15, -0.1) is 0 Å². The number of methoxy groups -OCH3 is 1. The van der Waals surface area contributed by atoms with Gasteiger partial charge in [0.15, 0.2) is 0 Å². The van der Waals surface area contributed by atoms with E-state index in [-0.39, 0.29) is 0 Å². The summed E-state index contributed by atoms with van der Waals surface area (Å²) in [4.78, 5) is 15.5. The molecule has 0 bridgehead atoms. The Labute approximate surface area is 118 Å². The van der Waals surface area contributed by atoms with Gasteiger partial charge in [-0.2, -0.15) is 0 Å². The smallest absolute Gasteiger partial charge is 0.307 e. The van der Waals surface area contributed by atoms with E-state index in [4.69, 9.17) is 4.74 Å². The molecular formula is C16H17NO3. The van der Waals surface area contributed by atoms with Crippen LogP contribution >= 0.6 is 0 Å². The molecule has 1 heterocycles. The molecule has 0 aliphatic heterocycles. The van der Waals surface area contributed by atoms with Gasteiger partial charge in [-0.3, -0.25) is 4.79 Å². The summed E-state index contributed by atoms with van der Waals surface area (Å²) in [6.07, 6.45) is 2.53. The van der Waals surface area contributed by atoms with E-state index in [9.17, 15) is 9.90 Å². The van der Waals surface area contributed by atoms with Crippen molar-refractivity contribution < 1.29 is 14.6 Å². The van der Waals surface area contributed by atoms with Crippen LogP contribution in [0.15, 0.2) is 48.7 Å². The fourth-order valence-electron chi connectivity index (χ4n) is 2.17. The van der Waals surface area contributed by atoms with Gasteiger partial charge in [0.25, 0.3) is 0 Å². The van der Waals surface area contributed by atoms with E-state index in [1.165, 1.54) is 0 Å². The molecule has 0 saturated heterocycles. The van der Waals surface area contributed by atoms with Crippen LogP contribution in [-0.4, -0.2) is 23.2 Å². The molecule has 1 aromatic carbocycles. The van der Waals surface area contributed by atoms with Crippen LogP contribution < -0.4 is 4.74 Å². The summed E-state index contributed by atoms with van der Waals surface area (Å²) in [6.45, 7) is 0. The quantitative estimate of drug-likeness (QED) is 0.877. The van der Waals surface area contributed by atoms with E-state index in [0.717, 1.165) is 11.1 Å². The van der Waals surface area contributed by atoms with Crippen molar-refractivity contribution in [2.45, 2.75) is 12.8 Å². The number of hydrogen-bond acceptors (Lipinski definition) is 3. The fraction of sp³-hybridized carbons (Fsp3) is 0.250. The Hall–Kier alpha value is -2.36. The average molecular weight is 271 g/mol. The van der Waals surface area contributed by atoms with E-state index in [2.05, 4.69) is 4.98 Å². The molecule has 104 valence electrons. The Bertz CT molecular complexity index is 569. The van der Waals surface area contributed by atoms with Crippen molar-refractivity contribution in [2.75, 3.05) is 7.11 Å². The Balaban J connectivity index is 2.16. The van der Waals surface area contributed by atoms with Crippen LogP contribution in [0.25, 0.3) is 0 Å². The Kier molecular flexibility index (Phi) is 4.71. The van der Waals surface area contributed by atoms with Crippen LogP contribution in [0, 0.1) is 5.92 Å². The number of benzene rings is 1. The van der Waals surface area contributed by atoms with Crippen LogP contribution in [-0.2, 0) is 17.6 Å². The van der Waals surface area contributed by atoms with Gasteiger partial charge in [-0.1, -0.05) is 36.4 Å². The lowest BCUT2D eigenvalue weighted by Crippen LogP contribution is -2.19. The number of carbonyl (C=O) groups is 1. The number of rotatable bonds is 6. The monoisotopic (exact) mass is 271 g/mol. The molecule has 0 spiro atoms. The number of aliphatic carboxylic acids is 1. The van der Waals surface area contributed by atoms with Crippen molar-refractivity contribution in [1.29, 1.82) is 0 Å². The van der Waals surface area contributed by atoms with Gasteiger partial charge in [0, 0.05) is 11.8 Å². The molecule has 0 amide bonds. The zero-order valence-electron chi connectivity index (χ0n) is 11.3. The second kappa shape index (κ2) is 6.70. The summed E-state index contributed by atoms with van der Waals surface area (Å²) in [6, 6.07) is 13.3. The SMILES string of the molecule is COc1ncccc1CC(Cc1ccccc1)C(=O)O. The van der Waals surface area contributed by atoms with Gasteiger partial charge in [0.2, 0.25) is 5.88 Å².